The van der Waals surface area contributed by atoms with Crippen molar-refractivity contribution in [3.8, 4) is 0 Å². The van der Waals surface area contributed by atoms with Gasteiger partial charge in [0.1, 0.15) is 0 Å². The molecule has 0 aliphatic heterocycles. The van der Waals surface area contributed by atoms with Crippen molar-refractivity contribution in [3.05, 3.63) is 28.2 Å². The molecule has 1 aromatic carbocycles. The zero-order valence-electron chi connectivity index (χ0n) is 11.8. The summed E-state index contributed by atoms with van der Waals surface area (Å²) in [5, 5.41) is 2.28. The molecule has 0 aromatic heterocycles. The summed E-state index contributed by atoms with van der Waals surface area (Å²) in [6.45, 7) is 0. The molecular weight excluding hydrogens is 347 g/mol. The summed E-state index contributed by atoms with van der Waals surface area (Å²) >= 11 is 16.0. The lowest BCUT2D eigenvalue weighted by Crippen LogP contribution is -2.26. The van der Waals surface area contributed by atoms with E-state index in [-0.39, 0.29) is 5.97 Å². The van der Waals surface area contributed by atoms with E-state index in [1.807, 2.05) is 18.2 Å². The summed E-state index contributed by atoms with van der Waals surface area (Å²) in [6.07, 6.45) is 4.69. The number of hydrogen-bond donors (Lipinski definition) is 0. The first-order valence-electron chi connectivity index (χ1n) is 6.91. The van der Waals surface area contributed by atoms with Crippen LogP contribution in [0.4, 0.5) is 0 Å². The number of thioether (sulfide) groups is 2. The van der Waals surface area contributed by atoms with E-state index in [2.05, 4.69) is 0 Å². The van der Waals surface area contributed by atoms with Gasteiger partial charge >= 0.3 is 5.97 Å². The number of methoxy groups -OCH3 is 1. The molecule has 0 saturated heterocycles. The van der Waals surface area contributed by atoms with Crippen LogP contribution in [-0.4, -0.2) is 29.3 Å². The third kappa shape index (κ3) is 4.98. The van der Waals surface area contributed by atoms with Crippen LogP contribution in [0.25, 0.3) is 0 Å². The minimum atomic E-state index is -0.162. The highest BCUT2D eigenvalue weighted by atomic mass is 35.5. The third-order valence-electron chi connectivity index (χ3n) is 3.47. The van der Waals surface area contributed by atoms with Gasteiger partial charge in [0, 0.05) is 15.4 Å². The van der Waals surface area contributed by atoms with Crippen molar-refractivity contribution in [3.63, 3.8) is 0 Å². The Labute approximate surface area is 144 Å². The molecule has 1 fully saturated rings. The summed E-state index contributed by atoms with van der Waals surface area (Å²) in [4.78, 5) is 12.3. The fourth-order valence-electron chi connectivity index (χ4n) is 2.37. The molecule has 0 heterocycles. The molecule has 0 N–H and O–H groups in total. The Balaban J connectivity index is 2.03. The lowest BCUT2D eigenvalue weighted by molar-refractivity contribution is -0.137. The van der Waals surface area contributed by atoms with Crippen LogP contribution in [0.5, 0.6) is 0 Å². The van der Waals surface area contributed by atoms with Gasteiger partial charge < -0.3 is 4.74 Å². The van der Waals surface area contributed by atoms with Gasteiger partial charge in [-0.2, -0.15) is 0 Å². The average molecular weight is 365 g/mol. The number of esters is 1. The maximum Gasteiger partial charge on any atom is 0.315 e. The van der Waals surface area contributed by atoms with Crippen LogP contribution >= 0.6 is 46.7 Å². The summed E-state index contributed by atoms with van der Waals surface area (Å²) < 4.78 is 4.72. The topological polar surface area (TPSA) is 26.3 Å². The molecule has 0 amide bonds. The zero-order valence-corrected chi connectivity index (χ0v) is 15.0. The standard InChI is InChI=1S/C15H18Cl2O2S2/c1-19-14(18)9-20-12-7-2-3-8-13(12)21-15-10(16)5-4-6-11(15)17/h4-6,12-13H,2-3,7-9H2,1H3/t12-,13-/m1/s1. The fraction of sp³-hybridized carbons (Fsp3) is 0.533. The van der Waals surface area contributed by atoms with E-state index in [9.17, 15) is 4.79 Å². The second-order valence-electron chi connectivity index (χ2n) is 4.92. The van der Waals surface area contributed by atoms with Crippen LogP contribution in [0.15, 0.2) is 23.1 Å². The van der Waals surface area contributed by atoms with E-state index in [4.69, 9.17) is 27.9 Å². The predicted octanol–water partition coefficient (Wildman–Crippen LogP) is 5.30. The van der Waals surface area contributed by atoms with Crippen LogP contribution in [0, 0.1) is 0 Å². The van der Waals surface area contributed by atoms with Crippen LogP contribution < -0.4 is 0 Å². The Morgan fingerprint density at radius 2 is 1.86 bits per heavy atom. The minimum absolute atomic E-state index is 0.162. The molecule has 6 heteroatoms. The van der Waals surface area contributed by atoms with Crippen LogP contribution in [0.2, 0.25) is 10.0 Å². The average Bonchev–Trinajstić information content (AvgIpc) is 2.49. The maximum absolute atomic E-state index is 11.3. The Hall–Kier alpha value is -0.0300. The smallest absolute Gasteiger partial charge is 0.315 e. The SMILES string of the molecule is COC(=O)CS[C@@H]1CCCC[C@H]1Sc1c(Cl)cccc1Cl. The van der Waals surface area contributed by atoms with E-state index in [1.54, 1.807) is 23.5 Å². The summed E-state index contributed by atoms with van der Waals surface area (Å²) in [5.74, 6) is 0.249. The molecule has 1 aliphatic rings. The molecule has 0 spiro atoms. The highest BCUT2D eigenvalue weighted by Gasteiger charge is 2.28. The maximum atomic E-state index is 11.3. The third-order valence-corrected chi connectivity index (χ3v) is 7.44. The molecule has 116 valence electrons. The van der Waals surface area contributed by atoms with E-state index in [1.165, 1.54) is 20.0 Å². The van der Waals surface area contributed by atoms with Crippen LogP contribution in [0.3, 0.4) is 0 Å². The lowest BCUT2D eigenvalue weighted by atomic mass is 10.00. The number of hydrogen-bond acceptors (Lipinski definition) is 4. The molecule has 0 radical (unpaired) electrons. The van der Waals surface area contributed by atoms with Crippen molar-refractivity contribution in [2.45, 2.75) is 41.1 Å². The molecule has 2 atom stereocenters. The Kier molecular flexibility index (Phi) is 7.06. The van der Waals surface area contributed by atoms with Crippen LogP contribution in [-0.2, 0) is 9.53 Å². The number of benzene rings is 1. The highest BCUT2D eigenvalue weighted by Crippen LogP contribution is 2.44. The first kappa shape index (κ1) is 17.3. The van der Waals surface area contributed by atoms with Gasteiger partial charge in [-0.3, -0.25) is 4.79 Å². The van der Waals surface area contributed by atoms with Gasteiger partial charge in [0.25, 0.3) is 0 Å². The highest BCUT2D eigenvalue weighted by molar-refractivity contribution is 8.04. The number of carbonyl (C=O) groups excluding carboxylic acids is 1. The molecule has 1 aliphatic carbocycles. The molecule has 0 unspecified atom stereocenters. The molecule has 1 aromatic rings. The molecule has 2 rings (SSSR count). The molecule has 1 saturated carbocycles. The second-order valence-corrected chi connectivity index (χ2v) is 8.21. The van der Waals surface area contributed by atoms with E-state index < -0.39 is 0 Å². The minimum Gasteiger partial charge on any atom is -0.468 e. The lowest BCUT2D eigenvalue weighted by Gasteiger charge is -2.30. The number of carbonyl (C=O) groups is 1. The van der Waals surface area contributed by atoms with E-state index in [0.717, 1.165) is 17.7 Å². The monoisotopic (exact) mass is 364 g/mol. The van der Waals surface area contributed by atoms with Gasteiger partial charge in [-0.1, -0.05) is 42.1 Å². The van der Waals surface area contributed by atoms with Gasteiger partial charge in [-0.15, -0.1) is 23.5 Å². The van der Waals surface area contributed by atoms with Gasteiger partial charge in [-0.25, -0.2) is 0 Å². The summed E-state index contributed by atoms with van der Waals surface area (Å²) in [6, 6.07) is 5.60. The fourth-order valence-corrected chi connectivity index (χ4v) is 5.82. The Morgan fingerprint density at radius 1 is 1.24 bits per heavy atom. The number of ether oxygens (including phenoxy) is 1. The first-order valence-corrected chi connectivity index (χ1v) is 9.59. The Morgan fingerprint density at radius 3 is 2.48 bits per heavy atom. The van der Waals surface area contributed by atoms with Crippen molar-refractivity contribution < 1.29 is 9.53 Å². The quantitative estimate of drug-likeness (QED) is 0.661. The van der Waals surface area contributed by atoms with Crippen molar-refractivity contribution in [1.29, 1.82) is 0 Å². The zero-order chi connectivity index (χ0) is 15.2. The van der Waals surface area contributed by atoms with Gasteiger partial charge in [0.15, 0.2) is 0 Å². The predicted molar refractivity (Wildman–Crippen MR) is 92.8 cm³/mol. The molecular formula is C15H18Cl2O2S2. The first-order chi connectivity index (χ1) is 10.1. The van der Waals surface area contributed by atoms with Gasteiger partial charge in [0.2, 0.25) is 0 Å². The van der Waals surface area contributed by atoms with Crippen molar-refractivity contribution in [2.75, 3.05) is 12.9 Å². The molecule has 2 nitrogen and oxygen atoms in total. The Bertz CT molecular complexity index is 476. The molecule has 0 bridgehead atoms. The van der Waals surface area contributed by atoms with Crippen molar-refractivity contribution in [2.24, 2.45) is 0 Å². The number of rotatable bonds is 5. The second kappa shape index (κ2) is 8.56. The van der Waals surface area contributed by atoms with E-state index >= 15 is 0 Å². The summed E-state index contributed by atoms with van der Waals surface area (Å²) in [7, 11) is 1.43. The van der Waals surface area contributed by atoms with Crippen LogP contribution in [0.1, 0.15) is 25.7 Å². The largest absolute Gasteiger partial charge is 0.468 e. The van der Waals surface area contributed by atoms with E-state index in [0.29, 0.717) is 26.3 Å². The van der Waals surface area contributed by atoms with Gasteiger partial charge in [0.05, 0.1) is 22.9 Å². The molecule has 21 heavy (non-hydrogen) atoms. The number of halogens is 2. The summed E-state index contributed by atoms with van der Waals surface area (Å²) in [5.41, 5.74) is 0. The van der Waals surface area contributed by atoms with Crippen molar-refractivity contribution in [1.82, 2.24) is 0 Å². The van der Waals surface area contributed by atoms with Crippen molar-refractivity contribution >= 4 is 52.7 Å². The van der Waals surface area contributed by atoms with Gasteiger partial charge in [-0.05, 0) is 25.0 Å². The normalized spacial score (nSPS) is 22.0.